The molecule has 2 aromatic carbocycles. The number of nitrogens with zero attached hydrogens (tertiary/aromatic N) is 1. The highest BCUT2D eigenvalue weighted by Crippen LogP contribution is 2.67. The molecule has 2 saturated carbocycles. The predicted octanol–water partition coefficient (Wildman–Crippen LogP) is 6.06. The van der Waals surface area contributed by atoms with E-state index >= 15 is 0 Å². The van der Waals surface area contributed by atoms with Crippen LogP contribution in [0.4, 0.5) is 0 Å². The van der Waals surface area contributed by atoms with Gasteiger partial charge in [0.25, 0.3) is 0 Å². The summed E-state index contributed by atoms with van der Waals surface area (Å²) in [5.74, 6) is 2.62. The normalized spacial score (nSPS) is 32.2. The van der Waals surface area contributed by atoms with Crippen molar-refractivity contribution in [2.24, 2.45) is 28.2 Å². The molecule has 0 aromatic heterocycles. The molecule has 33 heavy (non-hydrogen) atoms. The summed E-state index contributed by atoms with van der Waals surface area (Å²) in [5.41, 5.74) is 10.0. The number of ether oxygens (including phenoxy) is 2. The number of hydrogen-bond donors (Lipinski definition) is 1. The maximum atomic E-state index is 10.7. The average Bonchev–Trinajstić information content (AvgIpc) is 3.10. The Morgan fingerprint density at radius 1 is 1.09 bits per heavy atom. The minimum Gasteiger partial charge on any atom is -0.490 e. The summed E-state index contributed by atoms with van der Waals surface area (Å²) in [6.07, 6.45) is 4.46. The van der Waals surface area contributed by atoms with Crippen LogP contribution < -0.4 is 10.5 Å². The molecule has 2 aromatic rings. The van der Waals surface area contributed by atoms with Gasteiger partial charge in [-0.15, -0.1) is 0 Å². The highest BCUT2D eigenvalue weighted by molar-refractivity contribution is 6.31. The van der Waals surface area contributed by atoms with Crippen molar-refractivity contribution in [3.63, 3.8) is 0 Å². The number of rotatable bonds is 7. The van der Waals surface area contributed by atoms with Crippen molar-refractivity contribution in [1.29, 1.82) is 0 Å². The van der Waals surface area contributed by atoms with Crippen molar-refractivity contribution in [2.75, 3.05) is 6.54 Å². The Morgan fingerprint density at radius 3 is 2.52 bits per heavy atom. The second kappa shape index (κ2) is 9.01. The lowest BCUT2D eigenvalue weighted by molar-refractivity contribution is -0.0531. The van der Waals surface area contributed by atoms with Crippen LogP contribution in [-0.4, -0.2) is 24.8 Å². The summed E-state index contributed by atoms with van der Waals surface area (Å²) < 4.78 is 12.3. The number of halogens is 1. The second-order valence-electron chi connectivity index (χ2n) is 10.7. The Bertz CT molecular complexity index is 995. The van der Waals surface area contributed by atoms with Gasteiger partial charge in [0.05, 0.1) is 18.3 Å². The molecule has 1 aliphatic heterocycles. The first-order chi connectivity index (χ1) is 15.8. The van der Waals surface area contributed by atoms with Gasteiger partial charge in [0.1, 0.15) is 12.3 Å². The largest absolute Gasteiger partial charge is 0.490 e. The van der Waals surface area contributed by atoms with Crippen LogP contribution in [0.3, 0.4) is 0 Å². The second-order valence-corrected chi connectivity index (χ2v) is 11.1. The van der Waals surface area contributed by atoms with Crippen LogP contribution in [0.2, 0.25) is 5.02 Å². The molecule has 5 atom stereocenters. The fourth-order valence-corrected chi connectivity index (χ4v) is 6.23. The van der Waals surface area contributed by atoms with E-state index in [2.05, 4.69) is 49.4 Å². The molecule has 5 rings (SSSR count). The fraction of sp³-hybridized carbons (Fsp3) is 0.556. The maximum Gasteiger partial charge on any atom is 0.119 e. The minimum absolute atomic E-state index is 0.000918. The zero-order chi connectivity index (χ0) is 23.2. The topological polar surface area (TPSA) is 73.9 Å². The number of nitrogens with two attached hydrogens (primary N) is 1. The molecule has 3 aliphatic rings. The standard InChI is InChI=1S/C27H33ClN2O3/c1-27(2)23-13-21(14-24(23)27)32-20-6-3-16(4-7-20)9-18-10-17(5-8-25(18)28)26-12-19(29)11-22(33-26)15-30-31/h3-8,10,19,21-24,26H,9,11-15,29H2,1-2H3/t19-,21?,22-,23?,24?,26?/m0/s1. The zero-order valence-electron chi connectivity index (χ0n) is 19.4. The van der Waals surface area contributed by atoms with Crippen LogP contribution in [0.1, 0.15) is 62.3 Å². The molecule has 5 nitrogen and oxygen atoms in total. The van der Waals surface area contributed by atoms with Gasteiger partial charge in [-0.05, 0) is 84.2 Å². The summed E-state index contributed by atoms with van der Waals surface area (Å²) in [7, 11) is 0. The summed E-state index contributed by atoms with van der Waals surface area (Å²) in [6.45, 7) is 4.89. The molecule has 3 unspecified atom stereocenters. The van der Waals surface area contributed by atoms with Gasteiger partial charge in [-0.1, -0.05) is 54.9 Å². The van der Waals surface area contributed by atoms with E-state index in [4.69, 9.17) is 26.8 Å². The smallest absolute Gasteiger partial charge is 0.119 e. The van der Waals surface area contributed by atoms with Crippen LogP contribution in [0.5, 0.6) is 5.75 Å². The van der Waals surface area contributed by atoms with Gasteiger partial charge in [-0.3, -0.25) is 0 Å². The number of fused-ring (bicyclic) bond motifs is 1. The van der Waals surface area contributed by atoms with E-state index in [1.807, 2.05) is 12.1 Å². The van der Waals surface area contributed by atoms with E-state index < -0.39 is 0 Å². The Balaban J connectivity index is 1.22. The van der Waals surface area contributed by atoms with Gasteiger partial charge in [0.2, 0.25) is 0 Å². The van der Waals surface area contributed by atoms with Crippen LogP contribution in [0, 0.1) is 22.2 Å². The summed E-state index contributed by atoms with van der Waals surface area (Å²) >= 11 is 6.53. The predicted molar refractivity (Wildman–Crippen MR) is 131 cm³/mol. The van der Waals surface area contributed by atoms with Crippen LogP contribution in [0.25, 0.3) is 0 Å². The molecule has 1 saturated heterocycles. The molecule has 0 spiro atoms. The number of benzene rings is 2. The third-order valence-corrected chi connectivity index (χ3v) is 8.47. The molecule has 1 heterocycles. The molecule has 0 amide bonds. The highest BCUT2D eigenvalue weighted by Gasteiger charge is 2.62. The van der Waals surface area contributed by atoms with Crippen molar-refractivity contribution in [2.45, 2.75) is 70.3 Å². The van der Waals surface area contributed by atoms with Crippen molar-refractivity contribution in [1.82, 2.24) is 0 Å². The molecule has 6 heteroatoms. The van der Waals surface area contributed by atoms with Gasteiger partial charge < -0.3 is 15.2 Å². The van der Waals surface area contributed by atoms with E-state index in [0.717, 1.165) is 46.6 Å². The number of nitroso groups, excluding NO2 is 1. The molecular formula is C27H33ClN2O3. The first-order valence-corrected chi connectivity index (χ1v) is 12.5. The molecular weight excluding hydrogens is 436 g/mol. The Kier molecular flexibility index (Phi) is 6.23. The van der Waals surface area contributed by atoms with Crippen LogP contribution in [-0.2, 0) is 11.2 Å². The van der Waals surface area contributed by atoms with E-state index in [1.54, 1.807) is 0 Å². The van der Waals surface area contributed by atoms with Gasteiger partial charge in [-0.25, -0.2) is 0 Å². The summed E-state index contributed by atoms with van der Waals surface area (Å²) in [6, 6.07) is 14.4. The summed E-state index contributed by atoms with van der Waals surface area (Å²) in [5, 5.41) is 3.73. The third-order valence-electron chi connectivity index (χ3n) is 8.10. The number of hydrogen-bond acceptors (Lipinski definition) is 5. The lowest BCUT2D eigenvalue weighted by Gasteiger charge is -2.33. The van der Waals surface area contributed by atoms with Gasteiger partial charge in [-0.2, -0.15) is 4.91 Å². The minimum atomic E-state index is -0.222. The van der Waals surface area contributed by atoms with Crippen molar-refractivity contribution in [3.05, 3.63) is 69.1 Å². The average molecular weight is 469 g/mol. The molecule has 176 valence electrons. The Morgan fingerprint density at radius 2 is 1.82 bits per heavy atom. The highest BCUT2D eigenvalue weighted by atomic mass is 35.5. The molecule has 2 N–H and O–H groups in total. The van der Waals surface area contributed by atoms with E-state index in [9.17, 15) is 4.91 Å². The van der Waals surface area contributed by atoms with Gasteiger partial charge in [0.15, 0.2) is 0 Å². The first kappa shape index (κ1) is 22.8. The molecule has 2 aliphatic carbocycles. The maximum absolute atomic E-state index is 10.7. The monoisotopic (exact) mass is 468 g/mol. The van der Waals surface area contributed by atoms with E-state index in [1.165, 1.54) is 18.4 Å². The van der Waals surface area contributed by atoms with Gasteiger partial charge in [0, 0.05) is 11.1 Å². The van der Waals surface area contributed by atoms with Gasteiger partial charge >= 0.3 is 0 Å². The first-order valence-electron chi connectivity index (χ1n) is 12.1. The van der Waals surface area contributed by atoms with E-state index in [-0.39, 0.29) is 24.8 Å². The van der Waals surface area contributed by atoms with Crippen molar-refractivity contribution in [3.8, 4) is 5.75 Å². The lowest BCUT2D eigenvalue weighted by atomic mass is 9.93. The molecule has 0 bridgehead atoms. The van der Waals surface area contributed by atoms with Crippen molar-refractivity contribution < 1.29 is 9.47 Å². The van der Waals surface area contributed by atoms with E-state index in [0.29, 0.717) is 17.9 Å². The summed E-state index contributed by atoms with van der Waals surface area (Å²) in [4.78, 5) is 10.7. The zero-order valence-corrected chi connectivity index (χ0v) is 20.1. The van der Waals surface area contributed by atoms with Crippen LogP contribution in [0.15, 0.2) is 47.6 Å². The Hall–Kier alpha value is -1.95. The van der Waals surface area contributed by atoms with Crippen molar-refractivity contribution >= 4 is 11.6 Å². The third kappa shape index (κ3) is 4.82. The quantitative estimate of drug-likeness (QED) is 0.501. The SMILES string of the molecule is CC1(C)C2CC(Oc3ccc(Cc4cc(C5C[C@@H](N)C[C@@H](CN=O)O5)ccc4Cl)cc3)CC21. The Labute approximate surface area is 201 Å². The lowest BCUT2D eigenvalue weighted by Crippen LogP contribution is -2.37. The molecule has 3 fully saturated rings. The van der Waals surface area contributed by atoms with Crippen LogP contribution >= 0.6 is 11.6 Å². The molecule has 0 radical (unpaired) electrons. The fourth-order valence-electron chi connectivity index (χ4n) is 6.05.